The summed E-state index contributed by atoms with van der Waals surface area (Å²) in [6.45, 7) is 8.92. The first kappa shape index (κ1) is 22.0. The van der Waals surface area contributed by atoms with Crippen LogP contribution in [0.25, 0.3) is 0 Å². The van der Waals surface area contributed by atoms with Crippen molar-refractivity contribution in [2.45, 2.75) is 39.5 Å². The molecule has 150 valence electrons. The van der Waals surface area contributed by atoms with Crippen LogP contribution in [0.5, 0.6) is 11.5 Å². The molecule has 2 aromatic carbocycles. The van der Waals surface area contributed by atoms with Crippen LogP contribution in [0.1, 0.15) is 44.4 Å². The molecule has 0 aliphatic carbocycles. The van der Waals surface area contributed by atoms with E-state index in [2.05, 4.69) is 59.4 Å². The van der Waals surface area contributed by atoms with Crippen LogP contribution in [0.3, 0.4) is 0 Å². The first-order chi connectivity index (χ1) is 13.2. The zero-order valence-electron chi connectivity index (χ0n) is 17.0. The van der Waals surface area contributed by atoms with Crippen molar-refractivity contribution in [2.24, 2.45) is 5.10 Å². The summed E-state index contributed by atoms with van der Waals surface area (Å²) in [5.74, 6) is 1.07. The Labute approximate surface area is 175 Å². The van der Waals surface area contributed by atoms with E-state index in [9.17, 15) is 4.79 Å². The summed E-state index contributed by atoms with van der Waals surface area (Å²) in [7, 11) is 1.59. The van der Waals surface area contributed by atoms with E-state index in [4.69, 9.17) is 9.47 Å². The average molecular weight is 447 g/mol. The highest BCUT2D eigenvalue weighted by atomic mass is 79.9. The number of rotatable bonds is 7. The SMILES string of the molecule is CCOc1cc(/C=N\NC(=O)Cc2ccc(C(C)(C)C)cc2)cc(Br)c1OC. The number of hydrazone groups is 1. The van der Waals surface area contributed by atoms with Crippen LogP contribution in [-0.2, 0) is 16.6 Å². The van der Waals surface area contributed by atoms with Crippen LogP contribution < -0.4 is 14.9 Å². The molecule has 1 amide bonds. The van der Waals surface area contributed by atoms with E-state index in [0.717, 1.165) is 15.6 Å². The van der Waals surface area contributed by atoms with Gasteiger partial charge in [0.25, 0.3) is 0 Å². The molecule has 1 N–H and O–H groups in total. The van der Waals surface area contributed by atoms with Crippen molar-refractivity contribution in [3.05, 3.63) is 57.6 Å². The van der Waals surface area contributed by atoms with Crippen molar-refractivity contribution >= 4 is 28.1 Å². The normalized spacial score (nSPS) is 11.5. The zero-order chi connectivity index (χ0) is 20.7. The zero-order valence-corrected chi connectivity index (χ0v) is 18.6. The number of hydrogen-bond acceptors (Lipinski definition) is 4. The summed E-state index contributed by atoms with van der Waals surface area (Å²) in [4.78, 5) is 12.1. The predicted octanol–water partition coefficient (Wildman–Crippen LogP) is 4.85. The second-order valence-corrected chi connectivity index (χ2v) is 8.24. The number of halogens is 1. The number of nitrogens with one attached hydrogen (secondary N) is 1. The minimum atomic E-state index is -0.169. The van der Waals surface area contributed by atoms with Gasteiger partial charge in [0.05, 0.1) is 30.8 Å². The Bertz CT molecular complexity index is 840. The third-order valence-corrected chi connectivity index (χ3v) is 4.71. The molecule has 0 spiro atoms. The number of methoxy groups -OCH3 is 1. The van der Waals surface area contributed by atoms with Crippen LogP contribution in [0, 0.1) is 0 Å². The Morgan fingerprint density at radius 3 is 2.46 bits per heavy atom. The van der Waals surface area contributed by atoms with Gasteiger partial charge in [-0.2, -0.15) is 5.10 Å². The molecular weight excluding hydrogens is 420 g/mol. The molecule has 2 aromatic rings. The van der Waals surface area contributed by atoms with Crippen molar-refractivity contribution in [3.8, 4) is 11.5 Å². The molecule has 0 aliphatic rings. The molecule has 5 nitrogen and oxygen atoms in total. The number of nitrogens with zero attached hydrogens (tertiary/aromatic N) is 1. The first-order valence-corrected chi connectivity index (χ1v) is 9.95. The topological polar surface area (TPSA) is 59.9 Å². The fourth-order valence-electron chi connectivity index (χ4n) is 2.65. The largest absolute Gasteiger partial charge is 0.492 e. The minimum Gasteiger partial charge on any atom is -0.492 e. The Hall–Kier alpha value is -2.34. The maximum Gasteiger partial charge on any atom is 0.244 e. The lowest BCUT2D eigenvalue weighted by Crippen LogP contribution is -2.20. The van der Waals surface area contributed by atoms with Gasteiger partial charge in [0, 0.05) is 0 Å². The fourth-order valence-corrected chi connectivity index (χ4v) is 3.27. The van der Waals surface area contributed by atoms with Crippen LogP contribution in [0.15, 0.2) is 46.0 Å². The van der Waals surface area contributed by atoms with E-state index in [1.54, 1.807) is 13.3 Å². The maximum absolute atomic E-state index is 12.1. The average Bonchev–Trinajstić information content (AvgIpc) is 2.61. The Morgan fingerprint density at radius 2 is 1.89 bits per heavy atom. The van der Waals surface area contributed by atoms with E-state index in [-0.39, 0.29) is 17.7 Å². The molecule has 0 heterocycles. The molecule has 28 heavy (non-hydrogen) atoms. The summed E-state index contributed by atoms with van der Waals surface area (Å²) in [5.41, 5.74) is 5.64. The lowest BCUT2D eigenvalue weighted by Gasteiger charge is -2.19. The van der Waals surface area contributed by atoms with Crippen LogP contribution >= 0.6 is 15.9 Å². The van der Waals surface area contributed by atoms with Gasteiger partial charge in [-0.3, -0.25) is 4.79 Å². The monoisotopic (exact) mass is 446 g/mol. The quantitative estimate of drug-likeness (QED) is 0.488. The van der Waals surface area contributed by atoms with Crippen molar-refractivity contribution in [3.63, 3.8) is 0 Å². The van der Waals surface area contributed by atoms with E-state index in [0.29, 0.717) is 18.1 Å². The molecule has 0 aromatic heterocycles. The number of hydrogen-bond donors (Lipinski definition) is 1. The number of amides is 1. The van der Waals surface area contributed by atoms with Crippen molar-refractivity contribution in [2.75, 3.05) is 13.7 Å². The van der Waals surface area contributed by atoms with E-state index < -0.39 is 0 Å². The highest BCUT2D eigenvalue weighted by Gasteiger charge is 2.13. The van der Waals surface area contributed by atoms with E-state index in [1.807, 2.05) is 31.2 Å². The summed E-state index contributed by atoms with van der Waals surface area (Å²) in [6.07, 6.45) is 1.85. The van der Waals surface area contributed by atoms with Gasteiger partial charge in [0.15, 0.2) is 11.5 Å². The number of benzene rings is 2. The van der Waals surface area contributed by atoms with Crippen LogP contribution in [0.2, 0.25) is 0 Å². The molecule has 0 fully saturated rings. The van der Waals surface area contributed by atoms with Gasteiger partial charge < -0.3 is 9.47 Å². The van der Waals surface area contributed by atoms with Gasteiger partial charge in [-0.25, -0.2) is 5.43 Å². The van der Waals surface area contributed by atoms with Gasteiger partial charge in [-0.15, -0.1) is 0 Å². The molecule has 0 saturated carbocycles. The standard InChI is InChI=1S/C22H27BrN2O3/c1-6-28-19-12-16(11-18(23)21(19)27-5)14-24-25-20(26)13-15-7-9-17(10-8-15)22(2,3)4/h7-12,14H,6,13H2,1-5H3,(H,25,26)/b24-14-. The Kier molecular flexibility index (Phi) is 7.63. The van der Waals surface area contributed by atoms with E-state index in [1.165, 1.54) is 5.56 Å². The molecule has 0 aliphatic heterocycles. The summed E-state index contributed by atoms with van der Waals surface area (Å²) in [6, 6.07) is 11.8. The highest BCUT2D eigenvalue weighted by molar-refractivity contribution is 9.10. The Morgan fingerprint density at radius 1 is 1.21 bits per heavy atom. The maximum atomic E-state index is 12.1. The molecule has 0 radical (unpaired) electrons. The smallest absolute Gasteiger partial charge is 0.244 e. The fraction of sp³-hybridized carbons (Fsp3) is 0.364. The molecule has 2 rings (SSSR count). The molecule has 0 saturated heterocycles. The van der Waals surface area contributed by atoms with Gasteiger partial charge >= 0.3 is 0 Å². The molecule has 0 unspecified atom stereocenters. The van der Waals surface area contributed by atoms with Crippen molar-refractivity contribution in [1.82, 2.24) is 5.43 Å². The molecular formula is C22H27BrN2O3. The number of ether oxygens (including phenoxy) is 2. The van der Waals surface area contributed by atoms with Gasteiger partial charge in [-0.05, 0) is 57.1 Å². The summed E-state index contributed by atoms with van der Waals surface area (Å²) < 4.78 is 11.7. The van der Waals surface area contributed by atoms with Gasteiger partial charge in [-0.1, -0.05) is 45.0 Å². The summed E-state index contributed by atoms with van der Waals surface area (Å²) >= 11 is 3.46. The van der Waals surface area contributed by atoms with Gasteiger partial charge in [0.2, 0.25) is 5.91 Å². The molecule has 6 heteroatoms. The van der Waals surface area contributed by atoms with Crippen molar-refractivity contribution < 1.29 is 14.3 Å². The predicted molar refractivity (Wildman–Crippen MR) is 116 cm³/mol. The lowest BCUT2D eigenvalue weighted by atomic mass is 9.86. The van der Waals surface area contributed by atoms with Crippen LogP contribution in [-0.4, -0.2) is 25.8 Å². The second kappa shape index (κ2) is 9.73. The lowest BCUT2D eigenvalue weighted by molar-refractivity contribution is -0.120. The third-order valence-electron chi connectivity index (χ3n) is 4.12. The third kappa shape index (κ3) is 6.09. The van der Waals surface area contributed by atoms with Gasteiger partial charge in [0.1, 0.15) is 0 Å². The van der Waals surface area contributed by atoms with E-state index >= 15 is 0 Å². The number of carbonyl (C=O) groups excluding carboxylic acids is 1. The van der Waals surface area contributed by atoms with Crippen LogP contribution in [0.4, 0.5) is 0 Å². The Balaban J connectivity index is 1.99. The molecule has 0 bridgehead atoms. The number of carbonyl (C=O) groups is 1. The first-order valence-electron chi connectivity index (χ1n) is 9.16. The van der Waals surface area contributed by atoms with Crippen molar-refractivity contribution in [1.29, 1.82) is 0 Å². The second-order valence-electron chi connectivity index (χ2n) is 7.38. The minimum absolute atomic E-state index is 0.0953. The summed E-state index contributed by atoms with van der Waals surface area (Å²) in [5, 5.41) is 4.05. The highest BCUT2D eigenvalue weighted by Crippen LogP contribution is 2.36. The molecule has 0 atom stereocenters.